The quantitative estimate of drug-likeness (QED) is 0.647. The zero-order chi connectivity index (χ0) is 15.2. The Morgan fingerprint density at radius 1 is 1.52 bits per heavy atom. The molecule has 6 heteroatoms. The van der Waals surface area contributed by atoms with Crippen LogP contribution in [0.2, 0.25) is 0 Å². The lowest BCUT2D eigenvalue weighted by Gasteiger charge is -2.22. The van der Waals surface area contributed by atoms with Crippen molar-refractivity contribution in [2.24, 2.45) is 12.0 Å². The normalized spacial score (nSPS) is 11.7. The molecule has 0 fully saturated rings. The standard InChI is InChI=1S/C15H21BrN4S/c1-4-17-15(18-9-14-6-5-7-21-14)20(3)11-13-8-12(16)10-19(13)2/h5-8,10H,4,9,11H2,1-3H3,(H,17,18). The van der Waals surface area contributed by atoms with E-state index < -0.39 is 0 Å². The van der Waals surface area contributed by atoms with Gasteiger partial charge in [-0.2, -0.15) is 0 Å². The summed E-state index contributed by atoms with van der Waals surface area (Å²) in [5.41, 5.74) is 1.24. The first kappa shape index (κ1) is 16.1. The van der Waals surface area contributed by atoms with Gasteiger partial charge in [0.2, 0.25) is 0 Å². The number of aliphatic imine (C=N–C) groups is 1. The van der Waals surface area contributed by atoms with E-state index in [9.17, 15) is 0 Å². The zero-order valence-electron chi connectivity index (χ0n) is 12.6. The topological polar surface area (TPSA) is 32.6 Å². The minimum absolute atomic E-state index is 0.723. The van der Waals surface area contributed by atoms with Crippen LogP contribution < -0.4 is 5.32 Å². The van der Waals surface area contributed by atoms with Crippen molar-refractivity contribution in [1.82, 2.24) is 14.8 Å². The summed E-state index contributed by atoms with van der Waals surface area (Å²) in [6, 6.07) is 6.32. The second-order valence-corrected chi connectivity index (χ2v) is 6.81. The number of halogens is 1. The van der Waals surface area contributed by atoms with Crippen molar-refractivity contribution < 1.29 is 0 Å². The van der Waals surface area contributed by atoms with Crippen molar-refractivity contribution in [3.63, 3.8) is 0 Å². The molecule has 0 aliphatic rings. The first-order chi connectivity index (χ1) is 10.1. The molecule has 0 aromatic carbocycles. The van der Waals surface area contributed by atoms with Gasteiger partial charge >= 0.3 is 0 Å². The van der Waals surface area contributed by atoms with Crippen LogP contribution in [0, 0.1) is 0 Å². The molecule has 2 aromatic rings. The van der Waals surface area contributed by atoms with E-state index in [4.69, 9.17) is 4.99 Å². The van der Waals surface area contributed by atoms with E-state index in [1.54, 1.807) is 11.3 Å². The fourth-order valence-electron chi connectivity index (χ4n) is 2.07. The fourth-order valence-corrected chi connectivity index (χ4v) is 3.27. The van der Waals surface area contributed by atoms with Gasteiger partial charge in [-0.1, -0.05) is 6.07 Å². The van der Waals surface area contributed by atoms with Gasteiger partial charge in [0.05, 0.1) is 13.1 Å². The molecule has 2 rings (SSSR count). The molecule has 0 amide bonds. The molecule has 2 aromatic heterocycles. The van der Waals surface area contributed by atoms with Crippen LogP contribution in [-0.2, 0) is 20.1 Å². The van der Waals surface area contributed by atoms with Crippen LogP contribution in [0.25, 0.3) is 0 Å². The molecule has 0 spiro atoms. The van der Waals surface area contributed by atoms with Gasteiger partial charge in [-0.15, -0.1) is 11.3 Å². The molecule has 0 aliphatic carbocycles. The second kappa shape index (κ2) is 7.66. The van der Waals surface area contributed by atoms with Gasteiger partial charge in [0.25, 0.3) is 0 Å². The molecule has 1 N–H and O–H groups in total. The Labute approximate surface area is 138 Å². The van der Waals surface area contributed by atoms with E-state index in [-0.39, 0.29) is 0 Å². The Morgan fingerprint density at radius 3 is 2.90 bits per heavy atom. The van der Waals surface area contributed by atoms with Crippen LogP contribution in [0.15, 0.2) is 39.2 Å². The molecule has 2 heterocycles. The zero-order valence-corrected chi connectivity index (χ0v) is 15.0. The van der Waals surface area contributed by atoms with E-state index in [1.807, 2.05) is 0 Å². The summed E-state index contributed by atoms with van der Waals surface area (Å²) < 4.78 is 3.23. The number of aryl methyl sites for hydroxylation is 1. The van der Waals surface area contributed by atoms with Crippen molar-refractivity contribution in [3.8, 4) is 0 Å². The highest BCUT2D eigenvalue weighted by Crippen LogP contribution is 2.15. The minimum atomic E-state index is 0.723. The SMILES string of the molecule is CCNC(=NCc1cccs1)N(C)Cc1cc(Br)cn1C. The first-order valence-electron chi connectivity index (χ1n) is 6.92. The number of nitrogens with zero attached hydrogens (tertiary/aromatic N) is 3. The Kier molecular flexibility index (Phi) is 5.87. The minimum Gasteiger partial charge on any atom is -0.357 e. The van der Waals surface area contributed by atoms with E-state index in [2.05, 4.69) is 81.5 Å². The van der Waals surface area contributed by atoms with E-state index in [0.29, 0.717) is 0 Å². The number of hydrogen-bond donors (Lipinski definition) is 1. The van der Waals surface area contributed by atoms with Crippen molar-refractivity contribution in [3.05, 3.63) is 44.8 Å². The lowest BCUT2D eigenvalue weighted by Crippen LogP contribution is -2.38. The Hall–Kier alpha value is -1.27. The highest BCUT2D eigenvalue weighted by molar-refractivity contribution is 9.10. The summed E-state index contributed by atoms with van der Waals surface area (Å²) in [5.74, 6) is 0.934. The van der Waals surface area contributed by atoms with Crippen molar-refractivity contribution in [1.29, 1.82) is 0 Å². The molecule has 114 valence electrons. The molecule has 0 bridgehead atoms. The smallest absolute Gasteiger partial charge is 0.194 e. The molecule has 21 heavy (non-hydrogen) atoms. The second-order valence-electron chi connectivity index (χ2n) is 4.87. The highest BCUT2D eigenvalue weighted by atomic mass is 79.9. The van der Waals surface area contributed by atoms with Crippen molar-refractivity contribution >= 4 is 33.2 Å². The molecular weight excluding hydrogens is 348 g/mol. The van der Waals surface area contributed by atoms with Gasteiger partial charge in [0.1, 0.15) is 0 Å². The Bertz CT molecular complexity index is 589. The predicted molar refractivity (Wildman–Crippen MR) is 93.7 cm³/mol. The Morgan fingerprint density at radius 2 is 2.33 bits per heavy atom. The summed E-state index contributed by atoms with van der Waals surface area (Å²) in [4.78, 5) is 8.14. The number of nitrogens with one attached hydrogen (secondary N) is 1. The van der Waals surface area contributed by atoms with Crippen LogP contribution in [-0.4, -0.2) is 29.0 Å². The monoisotopic (exact) mass is 368 g/mol. The van der Waals surface area contributed by atoms with Crippen LogP contribution in [0.5, 0.6) is 0 Å². The lowest BCUT2D eigenvalue weighted by atomic mass is 10.4. The average Bonchev–Trinajstić information content (AvgIpc) is 3.05. The van der Waals surface area contributed by atoms with Gasteiger partial charge in [-0.3, -0.25) is 0 Å². The van der Waals surface area contributed by atoms with E-state index in [1.165, 1.54) is 10.6 Å². The summed E-state index contributed by atoms with van der Waals surface area (Å²) in [5, 5.41) is 5.44. The molecule has 4 nitrogen and oxygen atoms in total. The summed E-state index contributed by atoms with van der Waals surface area (Å²) >= 11 is 5.25. The number of aromatic nitrogens is 1. The van der Waals surface area contributed by atoms with Crippen LogP contribution in [0.3, 0.4) is 0 Å². The summed E-state index contributed by atoms with van der Waals surface area (Å²) in [7, 11) is 4.13. The third kappa shape index (κ3) is 4.61. The maximum Gasteiger partial charge on any atom is 0.194 e. The number of guanidine groups is 1. The first-order valence-corrected chi connectivity index (χ1v) is 8.60. The van der Waals surface area contributed by atoms with Gasteiger partial charge in [-0.05, 0) is 40.4 Å². The molecule has 0 saturated carbocycles. The predicted octanol–water partition coefficient (Wildman–Crippen LogP) is 3.45. The molecule has 0 aliphatic heterocycles. The Balaban J connectivity index is 2.06. The van der Waals surface area contributed by atoms with Crippen molar-refractivity contribution in [2.75, 3.05) is 13.6 Å². The summed E-state index contributed by atoms with van der Waals surface area (Å²) in [6.07, 6.45) is 2.07. The third-order valence-electron chi connectivity index (χ3n) is 3.13. The van der Waals surface area contributed by atoms with Crippen LogP contribution in [0.4, 0.5) is 0 Å². The summed E-state index contributed by atoms with van der Waals surface area (Å²) in [6.45, 7) is 4.50. The average molecular weight is 369 g/mol. The lowest BCUT2D eigenvalue weighted by molar-refractivity contribution is 0.462. The van der Waals surface area contributed by atoms with Crippen LogP contribution in [0.1, 0.15) is 17.5 Å². The maximum atomic E-state index is 4.71. The van der Waals surface area contributed by atoms with Gasteiger partial charge in [0.15, 0.2) is 5.96 Å². The molecule has 0 atom stereocenters. The third-order valence-corrected chi connectivity index (χ3v) is 4.43. The van der Waals surface area contributed by atoms with E-state index >= 15 is 0 Å². The number of thiophene rings is 1. The van der Waals surface area contributed by atoms with Crippen LogP contribution >= 0.6 is 27.3 Å². The van der Waals surface area contributed by atoms with Gasteiger partial charge in [0, 0.05) is 41.9 Å². The van der Waals surface area contributed by atoms with Gasteiger partial charge in [-0.25, -0.2) is 4.99 Å². The number of rotatable bonds is 5. The largest absolute Gasteiger partial charge is 0.357 e. The molecule has 0 saturated heterocycles. The highest BCUT2D eigenvalue weighted by Gasteiger charge is 2.09. The fraction of sp³-hybridized carbons (Fsp3) is 0.400. The molecule has 0 radical (unpaired) electrons. The molecule has 0 unspecified atom stereocenters. The van der Waals surface area contributed by atoms with Crippen molar-refractivity contribution in [2.45, 2.75) is 20.0 Å². The maximum absolute atomic E-state index is 4.71. The van der Waals surface area contributed by atoms with Gasteiger partial charge < -0.3 is 14.8 Å². The van der Waals surface area contributed by atoms with E-state index in [0.717, 1.165) is 30.1 Å². The molecular formula is C15H21BrN4S. The number of hydrogen-bond acceptors (Lipinski definition) is 2.